The Labute approximate surface area is 103 Å². The van der Waals surface area contributed by atoms with E-state index in [-0.39, 0.29) is 5.91 Å². The molecule has 0 spiro atoms. The van der Waals surface area contributed by atoms with Crippen LogP contribution in [0.15, 0.2) is 30.3 Å². The lowest BCUT2D eigenvalue weighted by molar-refractivity contribution is -0.121. The summed E-state index contributed by atoms with van der Waals surface area (Å²) < 4.78 is 0. The van der Waals surface area contributed by atoms with Gasteiger partial charge in [0.25, 0.3) is 0 Å². The summed E-state index contributed by atoms with van der Waals surface area (Å²) in [5.74, 6) is 0.113. The van der Waals surface area contributed by atoms with E-state index in [0.29, 0.717) is 13.1 Å². The number of rotatable bonds is 4. The van der Waals surface area contributed by atoms with Crippen molar-refractivity contribution < 1.29 is 4.79 Å². The number of piperidine rings is 1. The number of carbonyl (C=O) groups is 1. The van der Waals surface area contributed by atoms with Crippen molar-refractivity contribution >= 4 is 5.91 Å². The third kappa shape index (κ3) is 4.19. The van der Waals surface area contributed by atoms with E-state index in [1.807, 2.05) is 30.3 Å². The van der Waals surface area contributed by atoms with Crippen LogP contribution in [-0.2, 0) is 11.2 Å². The Morgan fingerprint density at radius 1 is 1.12 bits per heavy atom. The van der Waals surface area contributed by atoms with Crippen LogP contribution in [0, 0.1) is 0 Å². The van der Waals surface area contributed by atoms with E-state index in [1.54, 1.807) is 0 Å². The Morgan fingerprint density at radius 3 is 2.53 bits per heavy atom. The summed E-state index contributed by atoms with van der Waals surface area (Å²) in [5, 5.41) is 2.99. The van der Waals surface area contributed by atoms with Gasteiger partial charge in [0.1, 0.15) is 0 Å². The molecule has 2 rings (SSSR count). The first kappa shape index (κ1) is 12.1. The van der Waals surface area contributed by atoms with Crippen molar-refractivity contribution in [2.75, 3.05) is 19.8 Å². The van der Waals surface area contributed by atoms with Crippen molar-refractivity contribution in [2.45, 2.75) is 25.7 Å². The Morgan fingerprint density at radius 2 is 1.82 bits per heavy atom. The molecule has 1 aliphatic rings. The molecule has 0 atom stereocenters. The Hall–Kier alpha value is -1.35. The molecule has 0 radical (unpaired) electrons. The van der Waals surface area contributed by atoms with Gasteiger partial charge >= 0.3 is 0 Å². The van der Waals surface area contributed by atoms with E-state index < -0.39 is 0 Å². The lowest BCUT2D eigenvalue weighted by atomic mass is 10.1. The summed E-state index contributed by atoms with van der Waals surface area (Å²) in [6.45, 7) is 2.93. The SMILES string of the molecule is O=C(Cc1ccccc1)NCN1CCCCC1. The molecule has 1 aliphatic heterocycles. The van der Waals surface area contributed by atoms with Crippen molar-refractivity contribution in [3.63, 3.8) is 0 Å². The Kier molecular flexibility index (Phi) is 4.56. The van der Waals surface area contributed by atoms with E-state index >= 15 is 0 Å². The molecule has 3 heteroatoms. The molecule has 1 fully saturated rings. The van der Waals surface area contributed by atoms with Gasteiger partial charge in [-0.1, -0.05) is 36.8 Å². The smallest absolute Gasteiger partial charge is 0.225 e. The molecule has 3 nitrogen and oxygen atoms in total. The third-order valence-corrected chi connectivity index (χ3v) is 3.16. The topological polar surface area (TPSA) is 32.3 Å². The monoisotopic (exact) mass is 232 g/mol. The second-order valence-corrected chi connectivity index (χ2v) is 4.60. The molecule has 0 aromatic heterocycles. The van der Waals surface area contributed by atoms with Gasteiger partial charge in [-0.3, -0.25) is 9.69 Å². The fraction of sp³-hybridized carbons (Fsp3) is 0.500. The van der Waals surface area contributed by atoms with Gasteiger partial charge in [-0.25, -0.2) is 0 Å². The molecule has 1 N–H and O–H groups in total. The summed E-state index contributed by atoms with van der Waals surface area (Å²) in [4.78, 5) is 14.0. The minimum absolute atomic E-state index is 0.113. The zero-order valence-corrected chi connectivity index (χ0v) is 10.2. The predicted octanol–water partition coefficient (Wildman–Crippen LogP) is 1.79. The number of nitrogens with one attached hydrogen (secondary N) is 1. The highest BCUT2D eigenvalue weighted by Crippen LogP contribution is 2.07. The Balaban J connectivity index is 1.70. The van der Waals surface area contributed by atoms with Crippen LogP contribution in [-0.4, -0.2) is 30.6 Å². The maximum Gasteiger partial charge on any atom is 0.225 e. The first-order valence-corrected chi connectivity index (χ1v) is 6.37. The van der Waals surface area contributed by atoms with E-state index in [1.165, 1.54) is 19.3 Å². The lowest BCUT2D eigenvalue weighted by Gasteiger charge is -2.26. The van der Waals surface area contributed by atoms with Crippen molar-refractivity contribution in [3.8, 4) is 0 Å². The maximum atomic E-state index is 11.7. The van der Waals surface area contributed by atoms with Crippen molar-refractivity contribution in [2.24, 2.45) is 0 Å². The highest BCUT2D eigenvalue weighted by molar-refractivity contribution is 5.78. The van der Waals surface area contributed by atoms with Gasteiger partial charge in [-0.05, 0) is 31.5 Å². The average molecular weight is 232 g/mol. The normalized spacial score (nSPS) is 16.7. The minimum atomic E-state index is 0.113. The number of carbonyl (C=O) groups excluding carboxylic acids is 1. The zero-order valence-electron chi connectivity index (χ0n) is 10.2. The fourth-order valence-corrected chi connectivity index (χ4v) is 2.16. The lowest BCUT2D eigenvalue weighted by Crippen LogP contribution is -2.40. The molecular weight excluding hydrogens is 212 g/mol. The number of hydrogen-bond acceptors (Lipinski definition) is 2. The first-order chi connectivity index (χ1) is 8.34. The average Bonchev–Trinajstić information content (AvgIpc) is 2.39. The maximum absolute atomic E-state index is 11.7. The van der Waals surface area contributed by atoms with E-state index in [9.17, 15) is 4.79 Å². The van der Waals surface area contributed by atoms with Crippen LogP contribution >= 0.6 is 0 Å². The standard InChI is InChI=1S/C14H20N2O/c17-14(11-13-7-3-1-4-8-13)15-12-16-9-5-2-6-10-16/h1,3-4,7-8H,2,5-6,9-12H2,(H,15,17). The van der Waals surface area contributed by atoms with Gasteiger partial charge < -0.3 is 5.32 Å². The summed E-state index contributed by atoms with van der Waals surface area (Å²) in [6, 6.07) is 9.87. The first-order valence-electron chi connectivity index (χ1n) is 6.37. The van der Waals surface area contributed by atoms with E-state index in [4.69, 9.17) is 0 Å². The second-order valence-electron chi connectivity index (χ2n) is 4.60. The molecule has 1 amide bonds. The Bertz CT molecular complexity index is 344. The summed E-state index contributed by atoms with van der Waals surface area (Å²) in [7, 11) is 0. The third-order valence-electron chi connectivity index (χ3n) is 3.16. The zero-order chi connectivity index (χ0) is 11.9. The van der Waals surface area contributed by atoms with E-state index in [2.05, 4.69) is 10.2 Å². The quantitative estimate of drug-likeness (QED) is 0.858. The number of nitrogens with zero attached hydrogens (tertiary/aromatic N) is 1. The molecular formula is C14H20N2O. The fourth-order valence-electron chi connectivity index (χ4n) is 2.16. The second kappa shape index (κ2) is 6.40. The van der Waals surface area contributed by atoms with Gasteiger partial charge in [-0.15, -0.1) is 0 Å². The predicted molar refractivity (Wildman–Crippen MR) is 68.6 cm³/mol. The molecule has 1 aromatic rings. The van der Waals surface area contributed by atoms with Crippen LogP contribution in [0.3, 0.4) is 0 Å². The highest BCUT2D eigenvalue weighted by atomic mass is 16.1. The van der Waals surface area contributed by atoms with Gasteiger partial charge in [0.05, 0.1) is 13.1 Å². The summed E-state index contributed by atoms with van der Waals surface area (Å²) in [5.41, 5.74) is 1.07. The summed E-state index contributed by atoms with van der Waals surface area (Å²) in [6.07, 6.45) is 4.33. The molecule has 17 heavy (non-hydrogen) atoms. The molecule has 0 bridgehead atoms. The van der Waals surface area contributed by atoms with Crippen molar-refractivity contribution in [1.29, 1.82) is 0 Å². The van der Waals surface area contributed by atoms with Crippen LogP contribution in [0.2, 0.25) is 0 Å². The molecule has 1 saturated heterocycles. The largest absolute Gasteiger partial charge is 0.343 e. The van der Waals surface area contributed by atoms with Crippen LogP contribution in [0.1, 0.15) is 24.8 Å². The molecule has 1 aromatic carbocycles. The molecule has 0 aliphatic carbocycles. The number of hydrogen-bond donors (Lipinski definition) is 1. The molecule has 0 unspecified atom stereocenters. The summed E-state index contributed by atoms with van der Waals surface area (Å²) >= 11 is 0. The van der Waals surface area contributed by atoms with Crippen molar-refractivity contribution in [3.05, 3.63) is 35.9 Å². The van der Waals surface area contributed by atoms with Crippen molar-refractivity contribution in [1.82, 2.24) is 10.2 Å². The highest BCUT2D eigenvalue weighted by Gasteiger charge is 2.10. The molecule has 92 valence electrons. The molecule has 1 heterocycles. The number of benzene rings is 1. The van der Waals surface area contributed by atoms with Gasteiger partial charge in [-0.2, -0.15) is 0 Å². The van der Waals surface area contributed by atoms with Gasteiger partial charge in [0.2, 0.25) is 5.91 Å². The van der Waals surface area contributed by atoms with Gasteiger partial charge in [0, 0.05) is 0 Å². The van der Waals surface area contributed by atoms with Crippen LogP contribution in [0.5, 0.6) is 0 Å². The number of amides is 1. The molecule has 0 saturated carbocycles. The minimum Gasteiger partial charge on any atom is -0.343 e. The van der Waals surface area contributed by atoms with Crippen LogP contribution in [0.25, 0.3) is 0 Å². The van der Waals surface area contributed by atoms with E-state index in [0.717, 1.165) is 18.7 Å². The van der Waals surface area contributed by atoms with Crippen LogP contribution < -0.4 is 5.32 Å². The van der Waals surface area contributed by atoms with Crippen LogP contribution in [0.4, 0.5) is 0 Å². The van der Waals surface area contributed by atoms with Gasteiger partial charge in [0.15, 0.2) is 0 Å². The number of likely N-dealkylation sites (tertiary alicyclic amines) is 1.